The van der Waals surface area contributed by atoms with Crippen LogP contribution in [-0.4, -0.2) is 49.5 Å². The van der Waals surface area contributed by atoms with Gasteiger partial charge in [-0.3, -0.25) is 13.8 Å². The first kappa shape index (κ1) is 23.1. The SMILES string of the molecule is CC1CC(N2CCC3(C2)CS(=O)C3)C[C@H]1c1cc(-c2cccc(C(F)(F)F)c2)nn1C(C)C. The minimum Gasteiger partial charge on any atom is -0.300 e. The topological polar surface area (TPSA) is 38.1 Å². The highest BCUT2D eigenvalue weighted by Gasteiger charge is 2.50. The van der Waals surface area contributed by atoms with Crippen LogP contribution in [-0.2, 0) is 17.0 Å². The van der Waals surface area contributed by atoms with Crippen LogP contribution in [0, 0.1) is 11.3 Å². The summed E-state index contributed by atoms with van der Waals surface area (Å²) in [6, 6.07) is 8.12. The molecule has 0 radical (unpaired) electrons. The number of hydrogen-bond acceptors (Lipinski definition) is 3. The largest absolute Gasteiger partial charge is 0.416 e. The fraction of sp³-hybridized carbons (Fsp3) is 0.640. The molecule has 2 aromatic rings. The van der Waals surface area contributed by atoms with Gasteiger partial charge in [0.2, 0.25) is 0 Å². The van der Waals surface area contributed by atoms with E-state index in [2.05, 4.69) is 25.7 Å². The summed E-state index contributed by atoms with van der Waals surface area (Å²) in [5, 5.41) is 4.76. The van der Waals surface area contributed by atoms with Gasteiger partial charge in [-0.2, -0.15) is 18.3 Å². The summed E-state index contributed by atoms with van der Waals surface area (Å²) < 4.78 is 53.4. The van der Waals surface area contributed by atoms with E-state index in [4.69, 9.17) is 5.10 Å². The van der Waals surface area contributed by atoms with Crippen LogP contribution in [0.1, 0.15) is 63.3 Å². The molecule has 180 valence electrons. The quantitative estimate of drug-likeness (QED) is 0.582. The zero-order chi connectivity index (χ0) is 23.5. The molecule has 1 aromatic heterocycles. The van der Waals surface area contributed by atoms with E-state index in [1.165, 1.54) is 12.1 Å². The predicted molar refractivity (Wildman–Crippen MR) is 124 cm³/mol. The number of benzene rings is 1. The van der Waals surface area contributed by atoms with Gasteiger partial charge in [0.05, 0.1) is 11.3 Å². The number of alkyl halides is 3. The Labute approximate surface area is 196 Å². The standard InChI is InChI=1S/C25H32F3N3OS/c1-16(2)31-23(12-22(29-31)18-5-4-6-19(10-18)25(26,27)28)21-11-20(9-17(21)3)30-8-7-24(13-30)14-33(32)15-24/h4-6,10,12,16-17,20-21H,7-9,11,13-15H2,1-3H3/t17?,20?,21-,24?,33?/m1/s1. The van der Waals surface area contributed by atoms with Gasteiger partial charge in [0.15, 0.2) is 0 Å². The molecule has 0 bridgehead atoms. The lowest BCUT2D eigenvalue weighted by Crippen LogP contribution is -2.47. The molecule has 1 aromatic carbocycles. The van der Waals surface area contributed by atoms with Gasteiger partial charge in [0, 0.05) is 63.5 Å². The highest BCUT2D eigenvalue weighted by Crippen LogP contribution is 2.47. The van der Waals surface area contributed by atoms with Gasteiger partial charge >= 0.3 is 6.18 Å². The van der Waals surface area contributed by atoms with E-state index in [0.29, 0.717) is 29.1 Å². The minimum atomic E-state index is -4.37. The van der Waals surface area contributed by atoms with Crippen molar-refractivity contribution in [2.45, 2.75) is 64.2 Å². The van der Waals surface area contributed by atoms with Gasteiger partial charge in [0.1, 0.15) is 0 Å². The van der Waals surface area contributed by atoms with Crippen LogP contribution >= 0.6 is 0 Å². The number of rotatable bonds is 4. The van der Waals surface area contributed by atoms with Crippen molar-refractivity contribution in [1.29, 1.82) is 0 Å². The molecule has 5 rings (SSSR count). The second-order valence-electron chi connectivity index (χ2n) is 10.7. The van der Waals surface area contributed by atoms with E-state index in [1.807, 2.05) is 10.7 Å². The monoisotopic (exact) mass is 479 g/mol. The molecular formula is C25H32F3N3OS. The van der Waals surface area contributed by atoms with Crippen LogP contribution in [0.4, 0.5) is 13.2 Å². The summed E-state index contributed by atoms with van der Waals surface area (Å²) in [5.41, 5.74) is 1.88. The summed E-state index contributed by atoms with van der Waals surface area (Å²) in [5.74, 6) is 2.52. The predicted octanol–water partition coefficient (Wildman–Crippen LogP) is 5.49. The Bertz CT molecular complexity index is 1060. The fourth-order valence-electron chi connectivity index (χ4n) is 6.18. The Balaban J connectivity index is 1.39. The molecule has 3 aliphatic rings. The van der Waals surface area contributed by atoms with Crippen molar-refractivity contribution in [3.63, 3.8) is 0 Å². The zero-order valence-electron chi connectivity index (χ0n) is 19.4. The zero-order valence-corrected chi connectivity index (χ0v) is 20.3. The molecule has 3 heterocycles. The lowest BCUT2D eigenvalue weighted by Gasteiger charge is -2.38. The highest BCUT2D eigenvalue weighted by molar-refractivity contribution is 7.86. The first-order valence-corrected chi connectivity index (χ1v) is 13.4. The van der Waals surface area contributed by atoms with Gasteiger partial charge in [-0.15, -0.1) is 0 Å². The molecule has 3 atom stereocenters. The number of hydrogen-bond donors (Lipinski definition) is 0. The van der Waals surface area contributed by atoms with Gasteiger partial charge in [-0.1, -0.05) is 19.1 Å². The van der Waals surface area contributed by atoms with Crippen molar-refractivity contribution in [3.05, 3.63) is 41.6 Å². The van der Waals surface area contributed by atoms with Crippen molar-refractivity contribution >= 4 is 10.8 Å². The van der Waals surface area contributed by atoms with Gasteiger partial charge in [0.25, 0.3) is 0 Å². The normalized spacial score (nSPS) is 32.7. The average Bonchev–Trinajstić information content (AvgIpc) is 3.43. The molecule has 1 aliphatic carbocycles. The number of aromatic nitrogens is 2. The van der Waals surface area contributed by atoms with Gasteiger partial charge in [-0.25, -0.2) is 0 Å². The van der Waals surface area contributed by atoms with E-state index in [1.54, 1.807) is 6.07 Å². The second kappa shape index (κ2) is 8.22. The van der Waals surface area contributed by atoms with Crippen molar-refractivity contribution in [1.82, 2.24) is 14.7 Å². The average molecular weight is 480 g/mol. The number of likely N-dealkylation sites (tertiary alicyclic amines) is 1. The Morgan fingerprint density at radius 2 is 1.94 bits per heavy atom. The maximum Gasteiger partial charge on any atom is 0.416 e. The van der Waals surface area contributed by atoms with Crippen molar-refractivity contribution in [3.8, 4) is 11.3 Å². The summed E-state index contributed by atoms with van der Waals surface area (Å²) in [6.07, 6.45) is -1.06. The van der Waals surface area contributed by atoms with E-state index in [-0.39, 0.29) is 11.5 Å². The molecule has 3 fully saturated rings. The third-order valence-electron chi connectivity index (χ3n) is 7.89. The van der Waals surface area contributed by atoms with Crippen molar-refractivity contribution in [2.24, 2.45) is 11.3 Å². The van der Waals surface area contributed by atoms with E-state index < -0.39 is 22.5 Å². The summed E-state index contributed by atoms with van der Waals surface area (Å²) in [7, 11) is -0.621. The minimum absolute atomic E-state index is 0.130. The van der Waals surface area contributed by atoms with Crippen molar-refractivity contribution < 1.29 is 17.4 Å². The Kier molecular flexibility index (Phi) is 5.75. The van der Waals surface area contributed by atoms with Crippen LogP contribution in [0.5, 0.6) is 0 Å². The molecule has 8 heteroatoms. The molecule has 0 amide bonds. The maximum atomic E-state index is 13.2. The van der Waals surface area contributed by atoms with Crippen LogP contribution in [0.25, 0.3) is 11.3 Å². The number of halogens is 3. The molecule has 0 N–H and O–H groups in total. The molecule has 33 heavy (non-hydrogen) atoms. The van der Waals surface area contributed by atoms with E-state index in [0.717, 1.165) is 55.6 Å². The molecule has 2 unspecified atom stereocenters. The summed E-state index contributed by atoms with van der Waals surface area (Å²) in [4.78, 5) is 2.61. The third kappa shape index (κ3) is 4.29. The molecule has 1 saturated carbocycles. The Morgan fingerprint density at radius 3 is 2.61 bits per heavy atom. The molecule has 1 spiro atoms. The molecular weight excluding hydrogens is 447 g/mol. The summed E-state index contributed by atoms with van der Waals surface area (Å²) in [6.45, 7) is 8.58. The first-order valence-electron chi connectivity index (χ1n) is 11.9. The maximum absolute atomic E-state index is 13.2. The summed E-state index contributed by atoms with van der Waals surface area (Å²) >= 11 is 0. The Morgan fingerprint density at radius 1 is 1.18 bits per heavy atom. The molecule has 2 saturated heterocycles. The lowest BCUT2D eigenvalue weighted by molar-refractivity contribution is -0.137. The lowest BCUT2D eigenvalue weighted by atomic mass is 9.91. The third-order valence-corrected chi connectivity index (χ3v) is 9.76. The van der Waals surface area contributed by atoms with Crippen LogP contribution in [0.3, 0.4) is 0 Å². The highest BCUT2D eigenvalue weighted by atomic mass is 32.2. The van der Waals surface area contributed by atoms with Crippen LogP contribution in [0.15, 0.2) is 30.3 Å². The van der Waals surface area contributed by atoms with Crippen LogP contribution < -0.4 is 0 Å². The first-order chi connectivity index (χ1) is 15.5. The number of nitrogens with zero attached hydrogens (tertiary/aromatic N) is 3. The van der Waals surface area contributed by atoms with Crippen LogP contribution in [0.2, 0.25) is 0 Å². The fourth-order valence-corrected chi connectivity index (χ4v) is 7.93. The molecule has 4 nitrogen and oxygen atoms in total. The second-order valence-corrected chi connectivity index (χ2v) is 12.2. The van der Waals surface area contributed by atoms with E-state index >= 15 is 0 Å². The smallest absolute Gasteiger partial charge is 0.300 e. The van der Waals surface area contributed by atoms with Crippen molar-refractivity contribution in [2.75, 3.05) is 24.6 Å². The molecule has 2 aliphatic heterocycles. The Hall–Kier alpha value is -1.67. The van der Waals surface area contributed by atoms with Gasteiger partial charge in [-0.05, 0) is 63.8 Å². The van der Waals surface area contributed by atoms with E-state index in [9.17, 15) is 17.4 Å². The van der Waals surface area contributed by atoms with Gasteiger partial charge < -0.3 is 0 Å².